The summed E-state index contributed by atoms with van der Waals surface area (Å²) in [6.45, 7) is 1.70. The largest absolute Gasteiger partial charge is 0.393 e. The van der Waals surface area contributed by atoms with Crippen molar-refractivity contribution >= 4 is 11.8 Å². The fourth-order valence-corrected chi connectivity index (χ4v) is 3.40. The number of nitrogens with zero attached hydrogens (tertiary/aromatic N) is 3. The third-order valence-electron chi connectivity index (χ3n) is 4.98. The second kappa shape index (κ2) is 10.8. The maximum Gasteiger partial charge on any atom is 0.224 e. The van der Waals surface area contributed by atoms with Crippen molar-refractivity contribution in [3.05, 3.63) is 30.6 Å². The van der Waals surface area contributed by atoms with Gasteiger partial charge in [0.25, 0.3) is 0 Å². The smallest absolute Gasteiger partial charge is 0.224 e. The molecule has 0 fully saturated rings. The van der Waals surface area contributed by atoms with Crippen LogP contribution in [-0.2, 0) is 0 Å². The fourth-order valence-electron chi connectivity index (χ4n) is 3.40. The van der Waals surface area contributed by atoms with Crippen LogP contribution in [0.5, 0.6) is 0 Å². The van der Waals surface area contributed by atoms with Crippen LogP contribution in [-0.4, -0.2) is 39.3 Å². The molecule has 3 heterocycles. The van der Waals surface area contributed by atoms with Crippen molar-refractivity contribution in [2.45, 2.75) is 63.9 Å². The van der Waals surface area contributed by atoms with Crippen LogP contribution in [0.4, 0.5) is 11.8 Å². The van der Waals surface area contributed by atoms with Crippen LogP contribution in [0.15, 0.2) is 30.6 Å². The number of nitrogens with one attached hydrogen (secondary N) is 2. The Morgan fingerprint density at radius 2 is 1.59 bits per heavy atom. The Hall–Kier alpha value is -2.21. The highest BCUT2D eigenvalue weighted by Gasteiger charge is 2.11. The molecule has 0 aliphatic carbocycles. The normalized spacial score (nSPS) is 20.1. The van der Waals surface area contributed by atoms with Gasteiger partial charge < -0.3 is 15.7 Å². The number of anilines is 2. The molecule has 6 heteroatoms. The SMILES string of the molecule is OC1CCCCCCCNc2ncc(-c3ccccn3)c(n2)NCCCC1. The molecule has 1 atom stereocenters. The molecule has 0 radical (unpaired) electrons. The summed E-state index contributed by atoms with van der Waals surface area (Å²) in [5.41, 5.74) is 1.78. The zero-order valence-corrected chi connectivity index (χ0v) is 16.0. The zero-order chi connectivity index (χ0) is 18.7. The van der Waals surface area contributed by atoms with E-state index in [4.69, 9.17) is 0 Å². The molecule has 2 aromatic heterocycles. The number of fused-ring (bicyclic) bond motifs is 2. The van der Waals surface area contributed by atoms with Gasteiger partial charge in [-0.25, -0.2) is 4.98 Å². The van der Waals surface area contributed by atoms with Gasteiger partial charge >= 0.3 is 0 Å². The molecular weight excluding hydrogens is 338 g/mol. The Balaban J connectivity index is 1.71. The molecule has 0 spiro atoms. The first kappa shape index (κ1) is 19.5. The summed E-state index contributed by atoms with van der Waals surface area (Å²) in [6, 6.07) is 5.86. The lowest BCUT2D eigenvalue weighted by Gasteiger charge is -2.13. The molecule has 0 aromatic carbocycles. The first-order valence-electron chi connectivity index (χ1n) is 10.3. The third-order valence-corrected chi connectivity index (χ3v) is 4.98. The molecule has 0 saturated carbocycles. The lowest BCUT2D eigenvalue weighted by Crippen LogP contribution is -2.11. The Kier molecular flexibility index (Phi) is 7.84. The number of hydrogen-bond acceptors (Lipinski definition) is 6. The molecule has 1 unspecified atom stereocenters. The van der Waals surface area contributed by atoms with Crippen LogP contribution in [0.1, 0.15) is 57.8 Å². The van der Waals surface area contributed by atoms with E-state index in [1.54, 1.807) is 6.20 Å². The average Bonchev–Trinajstić information content (AvgIpc) is 2.70. The first-order chi connectivity index (χ1) is 13.3. The van der Waals surface area contributed by atoms with E-state index in [1.165, 1.54) is 19.3 Å². The zero-order valence-electron chi connectivity index (χ0n) is 16.0. The average molecular weight is 370 g/mol. The highest BCUT2D eigenvalue weighted by atomic mass is 16.3. The molecule has 1 aliphatic heterocycles. The summed E-state index contributed by atoms with van der Waals surface area (Å²) < 4.78 is 0. The quantitative estimate of drug-likeness (QED) is 0.697. The lowest BCUT2D eigenvalue weighted by atomic mass is 10.0. The summed E-state index contributed by atoms with van der Waals surface area (Å²) in [7, 11) is 0. The van der Waals surface area contributed by atoms with Crippen LogP contribution >= 0.6 is 0 Å². The monoisotopic (exact) mass is 369 g/mol. The molecule has 3 N–H and O–H groups in total. The predicted molar refractivity (Wildman–Crippen MR) is 110 cm³/mol. The molecule has 0 saturated heterocycles. The molecule has 0 amide bonds. The Morgan fingerprint density at radius 1 is 0.852 bits per heavy atom. The first-order valence-corrected chi connectivity index (χ1v) is 10.3. The fraction of sp³-hybridized carbons (Fsp3) is 0.571. The van der Waals surface area contributed by atoms with E-state index >= 15 is 0 Å². The van der Waals surface area contributed by atoms with Gasteiger partial charge in [0.15, 0.2) is 0 Å². The van der Waals surface area contributed by atoms with E-state index in [2.05, 4.69) is 25.6 Å². The second-order valence-electron chi connectivity index (χ2n) is 7.23. The number of pyridine rings is 1. The van der Waals surface area contributed by atoms with Gasteiger partial charge in [-0.05, 0) is 44.2 Å². The summed E-state index contributed by atoms with van der Waals surface area (Å²) in [4.78, 5) is 13.6. The van der Waals surface area contributed by atoms with Crippen LogP contribution in [0.2, 0.25) is 0 Å². The third kappa shape index (κ3) is 6.47. The minimum Gasteiger partial charge on any atom is -0.393 e. The standard InChI is InChI=1S/C21H31N5O/c27-17-10-4-2-1-3-7-15-24-21-25-16-18(19-12-6-9-13-22-19)20(26-21)23-14-8-5-11-17/h6,9,12-13,16-17,27H,1-5,7-8,10-11,14-15H2,(H2,23,24,25,26). The number of rotatable bonds is 1. The number of aliphatic hydroxyl groups is 1. The van der Waals surface area contributed by atoms with Gasteiger partial charge in [0.05, 0.1) is 17.4 Å². The van der Waals surface area contributed by atoms with Gasteiger partial charge in [0.2, 0.25) is 5.95 Å². The molecular formula is C21H31N5O. The Bertz CT molecular complexity index is 680. The van der Waals surface area contributed by atoms with E-state index < -0.39 is 0 Å². The second-order valence-corrected chi connectivity index (χ2v) is 7.23. The molecule has 6 nitrogen and oxygen atoms in total. The van der Waals surface area contributed by atoms with Gasteiger partial charge in [-0.3, -0.25) is 4.98 Å². The van der Waals surface area contributed by atoms with Crippen molar-refractivity contribution in [2.75, 3.05) is 23.7 Å². The molecule has 27 heavy (non-hydrogen) atoms. The van der Waals surface area contributed by atoms with Gasteiger partial charge in [-0.15, -0.1) is 0 Å². The number of aromatic nitrogens is 3. The summed E-state index contributed by atoms with van der Waals surface area (Å²) in [6.07, 6.45) is 13.2. The highest BCUT2D eigenvalue weighted by Crippen LogP contribution is 2.25. The summed E-state index contributed by atoms with van der Waals surface area (Å²) in [5.74, 6) is 1.48. The van der Waals surface area contributed by atoms with Crippen molar-refractivity contribution in [2.24, 2.45) is 0 Å². The van der Waals surface area contributed by atoms with E-state index in [0.29, 0.717) is 5.95 Å². The maximum atomic E-state index is 10.1. The van der Waals surface area contributed by atoms with Crippen molar-refractivity contribution < 1.29 is 5.11 Å². The topological polar surface area (TPSA) is 83.0 Å². The maximum absolute atomic E-state index is 10.1. The molecule has 1 aliphatic rings. The summed E-state index contributed by atoms with van der Waals surface area (Å²) in [5, 5.41) is 16.9. The van der Waals surface area contributed by atoms with Crippen molar-refractivity contribution in [1.82, 2.24) is 15.0 Å². The van der Waals surface area contributed by atoms with Crippen molar-refractivity contribution in [3.63, 3.8) is 0 Å². The number of aliphatic hydroxyl groups excluding tert-OH is 1. The van der Waals surface area contributed by atoms with Crippen LogP contribution in [0, 0.1) is 0 Å². The number of hydrogen-bond donors (Lipinski definition) is 3. The lowest BCUT2D eigenvalue weighted by molar-refractivity contribution is 0.148. The van der Waals surface area contributed by atoms with Crippen LogP contribution in [0.25, 0.3) is 11.3 Å². The van der Waals surface area contributed by atoms with Gasteiger partial charge in [-0.1, -0.05) is 31.7 Å². The summed E-state index contributed by atoms with van der Waals surface area (Å²) >= 11 is 0. The van der Waals surface area contributed by atoms with Crippen LogP contribution in [0.3, 0.4) is 0 Å². The Morgan fingerprint density at radius 3 is 2.44 bits per heavy atom. The van der Waals surface area contributed by atoms with Crippen molar-refractivity contribution in [3.8, 4) is 11.3 Å². The van der Waals surface area contributed by atoms with Crippen molar-refractivity contribution in [1.29, 1.82) is 0 Å². The minimum absolute atomic E-state index is 0.155. The van der Waals surface area contributed by atoms with Gasteiger partial charge in [0, 0.05) is 25.5 Å². The molecule has 2 bridgehead atoms. The van der Waals surface area contributed by atoms with Gasteiger partial charge in [0.1, 0.15) is 5.82 Å². The van der Waals surface area contributed by atoms with E-state index in [0.717, 1.165) is 68.7 Å². The molecule has 3 rings (SSSR count). The highest BCUT2D eigenvalue weighted by molar-refractivity contribution is 5.72. The Labute approximate surface area is 161 Å². The minimum atomic E-state index is -0.155. The van der Waals surface area contributed by atoms with E-state index in [-0.39, 0.29) is 6.10 Å². The van der Waals surface area contributed by atoms with Gasteiger partial charge in [-0.2, -0.15) is 4.98 Å². The van der Waals surface area contributed by atoms with Crippen LogP contribution < -0.4 is 10.6 Å². The predicted octanol–water partition coefficient (Wildman–Crippen LogP) is 4.25. The van der Waals surface area contributed by atoms with E-state index in [9.17, 15) is 5.11 Å². The molecule has 146 valence electrons. The van der Waals surface area contributed by atoms with E-state index in [1.807, 2.05) is 24.4 Å². The molecule has 2 aromatic rings.